The Kier molecular flexibility index (Phi) is 9.05. The number of aliphatic hydroxyl groups is 5. The summed E-state index contributed by atoms with van der Waals surface area (Å²) in [6, 6.07) is -0.777. The summed E-state index contributed by atoms with van der Waals surface area (Å²) in [5.74, 6) is 0. The van der Waals surface area contributed by atoms with Crippen LogP contribution in [0, 0.1) is 0 Å². The normalized spacial score (nSPS) is 38.4. The van der Waals surface area contributed by atoms with Crippen molar-refractivity contribution in [3.63, 3.8) is 0 Å². The number of nitrogens with one attached hydrogen (secondary N) is 1. The largest absolute Gasteiger partial charge is 0.756 e. The number of aromatic amines is 1. The van der Waals surface area contributed by atoms with Gasteiger partial charge in [-0.05, 0) is 0 Å². The van der Waals surface area contributed by atoms with E-state index < -0.39 is 95.3 Å². The van der Waals surface area contributed by atoms with Gasteiger partial charge in [-0.25, -0.2) is 9.11 Å². The fourth-order valence-electron chi connectivity index (χ4n) is 3.38. The zero-order valence-electron chi connectivity index (χ0n) is 17.9. The molecule has 8 N–H and O–H groups in total. The predicted octanol–water partition coefficient (Wildman–Crippen LogP) is -6.09. The summed E-state index contributed by atoms with van der Waals surface area (Å²) < 4.78 is 47.6. The highest BCUT2D eigenvalue weighted by molar-refractivity contribution is 7.59. The Hall–Kier alpha value is -1.38. The lowest BCUT2D eigenvalue weighted by atomic mass is 9.98. The second-order valence-electron chi connectivity index (χ2n) is 7.72. The lowest BCUT2D eigenvalue weighted by molar-refractivity contribution is -0.282. The van der Waals surface area contributed by atoms with Gasteiger partial charge in [0, 0.05) is 12.3 Å². The van der Waals surface area contributed by atoms with Crippen LogP contribution in [-0.2, 0) is 32.0 Å². The van der Waals surface area contributed by atoms with Crippen LogP contribution in [0.15, 0.2) is 21.9 Å². The van der Waals surface area contributed by atoms with Gasteiger partial charge >= 0.3 is 5.69 Å². The number of aromatic nitrogens is 2. The van der Waals surface area contributed by atoms with E-state index in [1.165, 1.54) is 0 Å². The number of nitrogens with zero attached hydrogens (tertiary/aromatic N) is 1. The molecule has 0 aromatic carbocycles. The van der Waals surface area contributed by atoms with E-state index in [4.69, 9.17) is 20.3 Å². The number of H-pyrrole nitrogens is 1. The Morgan fingerprint density at radius 2 is 1.67 bits per heavy atom. The molecule has 1 aromatic heterocycles. The summed E-state index contributed by atoms with van der Waals surface area (Å²) >= 11 is 0. The number of nitrogens with two attached hydrogens (primary N) is 1. The lowest BCUT2D eigenvalue weighted by Gasteiger charge is -2.42. The number of ether oxygens (including phenoxy) is 2. The second kappa shape index (κ2) is 11.2. The molecule has 3 rings (SSSR count). The maximum Gasteiger partial charge on any atom is 0.330 e. The second-order valence-corrected chi connectivity index (χ2v) is 10.6. The Morgan fingerprint density at radius 3 is 2.28 bits per heavy atom. The summed E-state index contributed by atoms with van der Waals surface area (Å²) in [7, 11) is -11.6. The van der Waals surface area contributed by atoms with Crippen LogP contribution in [0.5, 0.6) is 0 Å². The van der Waals surface area contributed by atoms with Gasteiger partial charge in [-0.2, -0.15) is 0 Å². The summed E-state index contributed by atoms with van der Waals surface area (Å²) in [4.78, 5) is 49.0. The molecule has 1 aromatic rings. The number of aliphatic hydroxyl groups excluding tert-OH is 5. The van der Waals surface area contributed by atoms with Crippen molar-refractivity contribution in [2.24, 2.45) is 5.73 Å². The van der Waals surface area contributed by atoms with Gasteiger partial charge in [0.05, 0.1) is 19.3 Å². The molecular weight excluding hydrogens is 540 g/mol. The molecule has 3 heterocycles. The van der Waals surface area contributed by atoms with E-state index in [1.807, 2.05) is 4.98 Å². The van der Waals surface area contributed by atoms with E-state index in [0.29, 0.717) is 4.57 Å². The van der Waals surface area contributed by atoms with E-state index in [9.17, 15) is 48.9 Å². The van der Waals surface area contributed by atoms with Crippen molar-refractivity contribution in [1.82, 2.24) is 9.55 Å². The Labute approximate surface area is 200 Å². The molecule has 21 heteroatoms. The molecular formula is C15H23N3O16P2-2. The molecule has 19 nitrogen and oxygen atoms in total. The lowest BCUT2D eigenvalue weighted by Crippen LogP contribution is -2.62. The van der Waals surface area contributed by atoms with E-state index in [1.54, 1.807) is 0 Å². The maximum absolute atomic E-state index is 12.1. The van der Waals surface area contributed by atoms with Gasteiger partial charge in [0.2, 0.25) is 0 Å². The van der Waals surface area contributed by atoms with E-state index in [2.05, 4.69) is 13.4 Å². The van der Waals surface area contributed by atoms with Gasteiger partial charge in [0.25, 0.3) is 21.2 Å². The first kappa shape index (κ1) is 29.2. The Balaban J connectivity index is 1.61. The average Bonchev–Trinajstić information content (AvgIpc) is 3.06. The first-order chi connectivity index (χ1) is 16.7. The van der Waals surface area contributed by atoms with Gasteiger partial charge in [-0.3, -0.25) is 28.0 Å². The van der Waals surface area contributed by atoms with Gasteiger partial charge in [0.15, 0.2) is 12.5 Å². The maximum atomic E-state index is 12.1. The van der Waals surface area contributed by atoms with E-state index in [0.717, 1.165) is 12.3 Å². The van der Waals surface area contributed by atoms with Crippen LogP contribution in [-0.4, -0.2) is 97.3 Å². The van der Waals surface area contributed by atoms with Gasteiger partial charge < -0.3 is 55.1 Å². The van der Waals surface area contributed by atoms with Crippen LogP contribution in [0.3, 0.4) is 0 Å². The molecule has 2 saturated heterocycles. The molecule has 2 fully saturated rings. The highest BCUT2D eigenvalue weighted by atomic mass is 31.3. The Morgan fingerprint density at radius 1 is 1.03 bits per heavy atom. The van der Waals surface area contributed by atoms with E-state index in [-0.39, 0.29) is 0 Å². The number of phosphoric acid groups is 2. The van der Waals surface area contributed by atoms with Crippen LogP contribution >= 0.6 is 15.6 Å². The van der Waals surface area contributed by atoms with Crippen molar-refractivity contribution in [3.05, 3.63) is 33.1 Å². The van der Waals surface area contributed by atoms with E-state index >= 15 is 0 Å². The number of phosphoric ester groups is 2. The topological polar surface area (TPSA) is 308 Å². The Bertz CT molecular complexity index is 1130. The first-order valence-corrected chi connectivity index (χ1v) is 13.0. The van der Waals surface area contributed by atoms with Crippen molar-refractivity contribution in [3.8, 4) is 0 Å². The van der Waals surface area contributed by atoms with Crippen LogP contribution in [0.2, 0.25) is 0 Å². The smallest absolute Gasteiger partial charge is 0.330 e. The van der Waals surface area contributed by atoms with Gasteiger partial charge in [0.1, 0.15) is 36.6 Å². The molecule has 2 aliphatic heterocycles. The third-order valence-electron chi connectivity index (χ3n) is 5.22. The summed E-state index contributed by atoms with van der Waals surface area (Å²) in [6.07, 6.45) is -12.9. The van der Waals surface area contributed by atoms with Crippen molar-refractivity contribution >= 4 is 15.6 Å². The zero-order valence-corrected chi connectivity index (χ0v) is 19.7. The minimum Gasteiger partial charge on any atom is -0.756 e. The van der Waals surface area contributed by atoms with Crippen LogP contribution < -0.4 is 26.8 Å². The third kappa shape index (κ3) is 6.54. The fourth-order valence-corrected chi connectivity index (χ4v) is 5.48. The highest BCUT2D eigenvalue weighted by Crippen LogP contribution is 2.56. The monoisotopic (exact) mass is 563 g/mol. The molecule has 0 saturated carbocycles. The predicted molar refractivity (Wildman–Crippen MR) is 106 cm³/mol. The molecule has 0 radical (unpaired) electrons. The average molecular weight is 563 g/mol. The minimum absolute atomic E-state index is 0.709. The van der Waals surface area contributed by atoms with Crippen molar-refractivity contribution < 1.29 is 67.3 Å². The van der Waals surface area contributed by atoms with Crippen LogP contribution in [0.25, 0.3) is 0 Å². The summed E-state index contributed by atoms with van der Waals surface area (Å²) in [5, 5.41) is 48.9. The van der Waals surface area contributed by atoms with Crippen LogP contribution in [0.1, 0.15) is 6.23 Å². The first-order valence-electron chi connectivity index (χ1n) is 10.0. The van der Waals surface area contributed by atoms with Crippen LogP contribution in [0.4, 0.5) is 0 Å². The zero-order chi connectivity index (χ0) is 27.0. The minimum atomic E-state index is -5.82. The molecule has 6 unspecified atom stereocenters. The molecule has 0 aliphatic carbocycles. The quantitative estimate of drug-likeness (QED) is 0.137. The number of hydrogen-bond acceptors (Lipinski definition) is 17. The van der Waals surface area contributed by atoms with Crippen molar-refractivity contribution in [2.75, 3.05) is 13.2 Å². The molecule has 2 aliphatic rings. The van der Waals surface area contributed by atoms with Gasteiger partial charge in [-0.1, -0.05) is 0 Å². The molecule has 0 bridgehead atoms. The fraction of sp³-hybridized carbons (Fsp3) is 0.733. The SMILES string of the molecule is N[C@H]1C(O)[C@@H](O)C(CO)O[C@@H]1OP(=O)([O-])OP(=O)([O-])OCC1OC(n2ccc(=O)[nH]c2=O)[C@H](O)[C@@H]1O. The molecule has 0 amide bonds. The molecule has 0 spiro atoms. The summed E-state index contributed by atoms with van der Waals surface area (Å²) in [5.41, 5.74) is 3.74. The van der Waals surface area contributed by atoms with Gasteiger partial charge in [-0.15, -0.1) is 0 Å². The third-order valence-corrected chi connectivity index (χ3v) is 7.75. The van der Waals surface area contributed by atoms with Crippen molar-refractivity contribution in [1.29, 1.82) is 0 Å². The number of rotatable bonds is 9. The van der Waals surface area contributed by atoms with Crippen molar-refractivity contribution in [2.45, 2.75) is 55.2 Å². The highest BCUT2D eigenvalue weighted by Gasteiger charge is 2.46. The number of hydrogen-bond donors (Lipinski definition) is 7. The molecule has 11 atom stereocenters. The summed E-state index contributed by atoms with van der Waals surface area (Å²) in [6.45, 7) is -1.97. The molecule has 206 valence electrons. The standard InChI is InChI=1S/C15H25N3O16P2/c16-8-11(23)9(21)5(3-19)32-14(8)33-36(28,29)34-35(26,27)30-4-6-10(22)12(24)13(31-6)18-2-1-7(20)17-15(18)25/h1-2,5-6,8-14,19,21-24H,3-4,16H2,(H,26,27)(H,28,29)(H,17,20,25)/p-2/t5?,6?,8-,9-,10+,11?,12+,13?,14+/m0/s1. The molecule has 36 heavy (non-hydrogen) atoms.